The van der Waals surface area contributed by atoms with Crippen molar-refractivity contribution in [1.29, 1.82) is 0 Å². The highest BCUT2D eigenvalue weighted by Gasteiger charge is 2.89. The van der Waals surface area contributed by atoms with Crippen molar-refractivity contribution in [1.82, 2.24) is 5.32 Å². The molecule has 12 bridgehead atoms. The van der Waals surface area contributed by atoms with Crippen LogP contribution in [0.4, 0.5) is 5.69 Å². The highest BCUT2D eigenvalue weighted by Crippen LogP contribution is 2.84. The van der Waals surface area contributed by atoms with Crippen molar-refractivity contribution in [3.63, 3.8) is 0 Å². The molecule has 9 fully saturated rings. The van der Waals surface area contributed by atoms with Gasteiger partial charge in [0.15, 0.2) is 5.78 Å². The van der Waals surface area contributed by atoms with Crippen molar-refractivity contribution in [3.8, 4) is 5.75 Å². The van der Waals surface area contributed by atoms with Crippen LogP contribution in [-0.2, 0) is 25.5 Å². The number of aliphatic hydroxyl groups is 8. The Kier molecular flexibility index (Phi) is 13.4. The second-order valence-corrected chi connectivity index (χ2v) is 37.8. The van der Waals surface area contributed by atoms with Gasteiger partial charge in [0.2, 0.25) is 5.91 Å². The van der Waals surface area contributed by atoms with Gasteiger partial charge in [-0.15, -0.1) is 0 Å². The Labute approximate surface area is 571 Å². The van der Waals surface area contributed by atoms with E-state index in [4.69, 9.17) is 9.47 Å². The number of carbonyl (C=O) groups is 2. The van der Waals surface area contributed by atoms with Crippen LogP contribution in [0.2, 0.25) is 0 Å². The third-order valence-electron chi connectivity index (χ3n) is 32.3. The number of piperidine rings is 1. The molecule has 0 radical (unpaired) electrons. The number of phenolic OH excluding ortho intramolecular Hbond substituents is 1. The summed E-state index contributed by atoms with van der Waals surface area (Å²) in [6.45, 7) is 7.95. The molecule has 21 rings (SSSR count). The van der Waals surface area contributed by atoms with Crippen LogP contribution in [0, 0.1) is 104 Å². The van der Waals surface area contributed by atoms with Gasteiger partial charge in [-0.05, 0) is 207 Å². The van der Waals surface area contributed by atoms with Crippen LogP contribution in [0.15, 0.2) is 113 Å². The summed E-state index contributed by atoms with van der Waals surface area (Å²) in [6.07, 6.45) is 32.9. The van der Waals surface area contributed by atoms with E-state index in [1.807, 2.05) is 17.9 Å². The Hall–Kier alpha value is -3.66. The molecule has 8 heterocycles. The van der Waals surface area contributed by atoms with Crippen molar-refractivity contribution < 1.29 is 65.0 Å². The number of carbonyl (C=O) groups excluding carboxylic acids is 2. The van der Waals surface area contributed by atoms with Crippen molar-refractivity contribution >= 4 is 39.0 Å². The van der Waals surface area contributed by atoms with Gasteiger partial charge in [-0.3, -0.25) is 9.59 Å². The topological polar surface area (TPSA) is 253 Å². The molecule has 514 valence electrons. The van der Waals surface area contributed by atoms with Gasteiger partial charge in [-0.1, -0.05) is 129 Å². The normalized spacial score (nSPS) is 54.1. The summed E-state index contributed by atoms with van der Waals surface area (Å²) in [5.41, 5.74) is -12.5. The summed E-state index contributed by atoms with van der Waals surface area (Å²) < 4.78 is 13.2. The van der Waals surface area contributed by atoms with Crippen molar-refractivity contribution in [2.45, 2.75) is 200 Å². The largest absolute Gasteiger partial charge is 0.508 e. The summed E-state index contributed by atoms with van der Waals surface area (Å²) in [7, 11) is 2.53. The minimum atomic E-state index is -2.06. The lowest BCUT2D eigenvalue weighted by Crippen LogP contribution is -2.79. The standard InChI is InChI=1S/C79H98N2O13S2/c1-42(2)43(3)64-65(94-64)75(90)18-7-11-49-29-57-58-33-62(85)72(36-63(86)70(89,41-83)38-68(57,72)4)67(88)96-95-37-53-23-45-12-13-48-27-52-30-61-74-35-47-26-46-9-8-22-93-59(46)32-56(47)73(80-74)17-6-5-10-50(73)28-51(74)15-20-78(61,92)76(52)39-81(66(87)79(53,76)69(48,34-45)40-82)54-24-44(25-55(84)31-54)14-19-71(49)60(75)16-21-77(58,71)91/h7-9,11-13,15,20,24-28,31,33,42-43,45,47,49-50,52-53,56-57,59-61,63-65,67,80,82-84,86,88-92H,5-6,10,14,16-19,21-23,29-30,32,34-41H2,1-4H3/t43-,45+,47+,49-,50-,52-,53-,56-,57+,59-,60+,61-,63-,64+,65-,67-,68-,69+,70-,71-,72+,73+,74+,75-,76-,77-,78+,79+/m1/s1. The van der Waals surface area contributed by atoms with E-state index >= 15 is 14.7 Å². The van der Waals surface area contributed by atoms with Gasteiger partial charge in [0.05, 0.1) is 65.7 Å². The average Bonchev–Trinajstić information content (AvgIpc) is 1.42. The number of aliphatic hydroxyl groups excluding tert-OH is 4. The number of aromatic hydroxyl groups is 1. The van der Waals surface area contributed by atoms with Crippen molar-refractivity contribution in [2.75, 3.05) is 37.0 Å². The number of epoxide rings is 1. The SMILES string of the molecule is CC(C)[C@@H](C)[C@@H]1O[C@H]1[C@@]1(O)CC=C[C@@H]2C[C@H]3C4=CC(=O)[C@@]5(C[C@@H](O)[C@](O)(CO)C[C@]35C)[C@H](O)SSC[C@H]3C[C@@H]5C=CC6=C[C@@H]7C[C@@H]8[C@]9%10C[C@@H]%11C=C%12C=CCO[C@@H]%12C[C@H]%11[C@@]%11(CCCC[C@@H]%11C=C9C=C[C@@]8(O)[C@@]78CN(C(=O)[C@]38[C@]6(CO)C5)c3cc(O)cc(c3)CC[C@]23[C@@H]1CC[C@@]43O)N%10. The second kappa shape index (κ2) is 20.4. The number of hydrogen-bond donors (Lipinski definition) is 10. The van der Waals surface area contributed by atoms with Crippen LogP contribution >= 0.6 is 21.6 Å². The highest BCUT2D eigenvalue weighted by molar-refractivity contribution is 8.76. The van der Waals surface area contributed by atoms with Gasteiger partial charge >= 0.3 is 0 Å². The summed E-state index contributed by atoms with van der Waals surface area (Å²) >= 11 is 0. The number of amides is 1. The first-order valence-corrected chi connectivity index (χ1v) is 39.4. The minimum Gasteiger partial charge on any atom is -0.508 e. The van der Waals surface area contributed by atoms with Crippen LogP contribution in [0.1, 0.15) is 136 Å². The number of nitrogens with one attached hydrogen (secondary N) is 1. The number of ketones is 1. The predicted molar refractivity (Wildman–Crippen MR) is 364 cm³/mol. The van der Waals surface area contributed by atoms with E-state index in [2.05, 4.69) is 92.9 Å². The first-order chi connectivity index (χ1) is 45.9. The van der Waals surface area contributed by atoms with Gasteiger partial charge in [0, 0.05) is 57.7 Å². The first-order valence-electron chi connectivity index (χ1n) is 37.0. The number of fused-ring (bicyclic) bond motifs is 5. The van der Waals surface area contributed by atoms with Gasteiger partial charge in [0.25, 0.3) is 0 Å². The fourth-order valence-corrected chi connectivity index (χ4v) is 31.2. The van der Waals surface area contributed by atoms with Crippen LogP contribution < -0.4 is 10.2 Å². The summed E-state index contributed by atoms with van der Waals surface area (Å²) in [6, 6.07) is 5.47. The molecule has 8 aliphatic heterocycles. The van der Waals surface area contributed by atoms with Crippen LogP contribution in [-0.4, -0.2) is 153 Å². The summed E-state index contributed by atoms with van der Waals surface area (Å²) in [5, 5.41) is 124. The fraction of sp³-hybridized carbons (Fsp3) is 0.696. The zero-order valence-electron chi connectivity index (χ0n) is 56.0. The maximum atomic E-state index is 17.8. The van der Waals surface area contributed by atoms with E-state index in [0.29, 0.717) is 67.9 Å². The molecule has 3 saturated heterocycles. The van der Waals surface area contributed by atoms with E-state index in [1.165, 1.54) is 21.9 Å². The van der Waals surface area contributed by atoms with Gasteiger partial charge in [-0.25, -0.2) is 0 Å². The maximum Gasteiger partial charge on any atom is 0.235 e. The highest BCUT2D eigenvalue weighted by atomic mass is 33.1. The molecule has 0 unspecified atom stereocenters. The van der Waals surface area contributed by atoms with Crippen molar-refractivity contribution in [2.24, 2.45) is 104 Å². The molecule has 15 nitrogen and oxygen atoms in total. The molecule has 28 atom stereocenters. The van der Waals surface area contributed by atoms with Crippen LogP contribution in [0.3, 0.4) is 0 Å². The summed E-state index contributed by atoms with van der Waals surface area (Å²) in [4.78, 5) is 36.0. The summed E-state index contributed by atoms with van der Waals surface area (Å²) in [5.74, 6) is -2.25. The fourth-order valence-electron chi connectivity index (χ4n) is 28.2. The molecule has 1 aromatic carbocycles. The van der Waals surface area contributed by atoms with Gasteiger partial charge in [-0.2, -0.15) is 0 Å². The molecule has 12 aliphatic carbocycles. The van der Waals surface area contributed by atoms with E-state index < -0.39 is 120 Å². The molecule has 1 amide bonds. The van der Waals surface area contributed by atoms with Crippen LogP contribution in [0.5, 0.6) is 5.75 Å². The lowest BCUT2D eigenvalue weighted by atomic mass is 9.33. The quantitative estimate of drug-likeness (QED) is 0.0751. The van der Waals surface area contributed by atoms with Crippen LogP contribution in [0.25, 0.3) is 0 Å². The molecule has 1 aromatic rings. The third kappa shape index (κ3) is 7.21. The first kappa shape index (κ1) is 63.3. The zero-order chi connectivity index (χ0) is 66.3. The minimum absolute atomic E-state index is 0.0338. The number of benzene rings is 1. The average molecular weight is 1350 g/mol. The molecule has 6 spiro atoms. The monoisotopic (exact) mass is 1350 g/mol. The number of nitrogens with zero attached hydrogens (tertiary/aromatic N) is 1. The number of phenols is 1. The van der Waals surface area contributed by atoms with E-state index in [-0.39, 0.29) is 116 Å². The predicted octanol–water partition coefficient (Wildman–Crippen LogP) is 8.82. The number of allylic oxidation sites excluding steroid dienone is 6. The van der Waals surface area contributed by atoms with Crippen molar-refractivity contribution in [3.05, 3.63) is 119 Å². The molecular formula is C79H98N2O13S2. The molecule has 96 heavy (non-hydrogen) atoms. The van der Waals surface area contributed by atoms with E-state index in [1.54, 1.807) is 18.2 Å². The molecule has 0 aromatic heterocycles. The Morgan fingerprint density at radius 1 is 0.833 bits per heavy atom. The number of rotatable bonds is 5. The molecule has 10 N–H and O–H groups in total. The third-order valence-corrected chi connectivity index (χ3v) is 34.9. The van der Waals surface area contributed by atoms with Gasteiger partial charge < -0.3 is 65.6 Å². The molecule has 20 aliphatic rings. The van der Waals surface area contributed by atoms with Gasteiger partial charge in [0.1, 0.15) is 28.5 Å². The Morgan fingerprint density at radius 2 is 1.67 bits per heavy atom. The zero-order valence-corrected chi connectivity index (χ0v) is 57.6. The Balaban J connectivity index is 0.812. The molecule has 17 heteroatoms. The smallest absolute Gasteiger partial charge is 0.235 e. The Bertz CT molecular complexity index is 3840. The Morgan fingerprint density at radius 3 is 2.48 bits per heavy atom. The van der Waals surface area contributed by atoms with E-state index in [0.717, 1.165) is 54.9 Å². The van der Waals surface area contributed by atoms with E-state index in [9.17, 15) is 40.9 Å². The number of aryl methyl sites for hydroxylation is 1. The molecular weight excluding hydrogens is 1250 g/mol. The maximum absolute atomic E-state index is 17.8. The molecule has 6 saturated carbocycles. The lowest BCUT2D eigenvalue weighted by Gasteiger charge is -2.70. The number of anilines is 1. The number of ether oxygens (including phenoxy) is 2. The second-order valence-electron chi connectivity index (χ2n) is 35.3. The number of hydrogen-bond acceptors (Lipinski definition) is 16. The lowest BCUT2D eigenvalue weighted by molar-refractivity contribution is -0.235.